The summed E-state index contributed by atoms with van der Waals surface area (Å²) in [6.45, 7) is 3.68. The van der Waals surface area contributed by atoms with E-state index < -0.39 is 5.56 Å². The van der Waals surface area contributed by atoms with E-state index in [-0.39, 0.29) is 5.56 Å². The monoisotopic (exact) mass is 526 g/mol. The van der Waals surface area contributed by atoms with E-state index >= 15 is 0 Å². The highest BCUT2D eigenvalue weighted by Gasteiger charge is 2.19. The molecule has 2 N–H and O–H groups in total. The first kappa shape index (κ1) is 24.2. The summed E-state index contributed by atoms with van der Waals surface area (Å²) in [5.74, 6) is 1.05. The zero-order valence-corrected chi connectivity index (χ0v) is 21.2. The zero-order chi connectivity index (χ0) is 25.2. The van der Waals surface area contributed by atoms with E-state index in [1.54, 1.807) is 37.6 Å². The van der Waals surface area contributed by atoms with Gasteiger partial charge in [0.2, 0.25) is 5.95 Å². The molecule has 186 valence electrons. The number of nitrogens with one attached hydrogen (secondary N) is 2. The smallest absolute Gasteiger partial charge is 0.293 e. The second-order valence-electron chi connectivity index (χ2n) is 8.16. The molecule has 1 saturated heterocycles. The summed E-state index contributed by atoms with van der Waals surface area (Å²) >= 11 is 12.7. The van der Waals surface area contributed by atoms with Crippen molar-refractivity contribution in [3.63, 3.8) is 0 Å². The van der Waals surface area contributed by atoms with Crippen molar-refractivity contribution in [3.05, 3.63) is 69.1 Å². The van der Waals surface area contributed by atoms with Crippen molar-refractivity contribution in [1.29, 1.82) is 0 Å². The number of pyridine rings is 1. The number of fused-ring (bicyclic) bond motifs is 1. The summed E-state index contributed by atoms with van der Waals surface area (Å²) < 4.78 is 6.75. The summed E-state index contributed by atoms with van der Waals surface area (Å²) in [6.07, 6.45) is 1.61. The fourth-order valence-corrected chi connectivity index (χ4v) is 4.89. The SMILES string of the molecule is COc1cc(Nc2ncc3cc(-c4c(Cl)cccc4Cl)c(=O)n(OC)c3n2)ccc1N1CCNCC1. The van der Waals surface area contributed by atoms with Gasteiger partial charge < -0.3 is 25.1 Å². The van der Waals surface area contributed by atoms with Crippen molar-refractivity contribution in [2.45, 2.75) is 0 Å². The lowest BCUT2D eigenvalue weighted by atomic mass is 10.1. The fourth-order valence-electron chi connectivity index (χ4n) is 4.28. The molecule has 3 heterocycles. The standard InChI is InChI=1S/C25H24Cl2N6O3/c1-35-21-13-16(6-7-20(21)32-10-8-28-9-11-32)30-25-29-14-15-12-17(22-18(26)4-3-5-19(22)27)24(34)33(36-2)23(15)31-25/h3-7,12-14,28H,8-11H2,1-2H3,(H,29,30,31). The lowest BCUT2D eigenvalue weighted by molar-refractivity contribution is 0.168. The first-order valence-corrected chi connectivity index (χ1v) is 12.1. The number of benzene rings is 2. The Kier molecular flexibility index (Phi) is 6.86. The molecule has 4 aromatic rings. The van der Waals surface area contributed by atoms with Gasteiger partial charge in [0.15, 0.2) is 5.65 Å². The van der Waals surface area contributed by atoms with Crippen LogP contribution in [0.15, 0.2) is 53.5 Å². The highest BCUT2D eigenvalue weighted by atomic mass is 35.5. The van der Waals surface area contributed by atoms with Crippen LogP contribution in [0.25, 0.3) is 22.2 Å². The van der Waals surface area contributed by atoms with Gasteiger partial charge in [0.25, 0.3) is 5.56 Å². The molecule has 0 saturated carbocycles. The van der Waals surface area contributed by atoms with Crippen LogP contribution in [-0.2, 0) is 0 Å². The molecular formula is C25H24Cl2N6O3. The van der Waals surface area contributed by atoms with Crippen molar-refractivity contribution in [3.8, 4) is 16.9 Å². The van der Waals surface area contributed by atoms with Gasteiger partial charge in [-0.25, -0.2) is 4.98 Å². The number of methoxy groups -OCH3 is 1. The van der Waals surface area contributed by atoms with Gasteiger partial charge in [-0.3, -0.25) is 4.79 Å². The number of ether oxygens (including phenoxy) is 1. The largest absolute Gasteiger partial charge is 0.495 e. The average Bonchev–Trinajstić information content (AvgIpc) is 2.89. The van der Waals surface area contributed by atoms with Crippen LogP contribution in [0.3, 0.4) is 0 Å². The maximum Gasteiger partial charge on any atom is 0.293 e. The predicted molar refractivity (Wildman–Crippen MR) is 143 cm³/mol. The van der Waals surface area contributed by atoms with Gasteiger partial charge in [-0.15, -0.1) is 4.73 Å². The third-order valence-corrected chi connectivity index (χ3v) is 6.64. The van der Waals surface area contributed by atoms with E-state index in [1.807, 2.05) is 18.2 Å². The number of hydrogen-bond donors (Lipinski definition) is 2. The van der Waals surface area contributed by atoms with E-state index in [1.165, 1.54) is 7.11 Å². The molecule has 0 spiro atoms. The molecule has 0 atom stereocenters. The average molecular weight is 527 g/mol. The molecule has 5 rings (SSSR count). The van der Waals surface area contributed by atoms with Crippen LogP contribution in [0, 0.1) is 0 Å². The van der Waals surface area contributed by atoms with Gasteiger partial charge in [-0.05, 0) is 30.3 Å². The molecule has 1 aliphatic heterocycles. The van der Waals surface area contributed by atoms with Crippen LogP contribution >= 0.6 is 23.2 Å². The van der Waals surface area contributed by atoms with Crippen LogP contribution in [0.2, 0.25) is 10.0 Å². The van der Waals surface area contributed by atoms with Gasteiger partial charge in [0.1, 0.15) is 12.9 Å². The molecule has 2 aromatic heterocycles. The Morgan fingerprint density at radius 2 is 1.81 bits per heavy atom. The van der Waals surface area contributed by atoms with Gasteiger partial charge >= 0.3 is 0 Å². The van der Waals surface area contributed by atoms with E-state index in [4.69, 9.17) is 32.8 Å². The second kappa shape index (κ2) is 10.2. The molecular weight excluding hydrogens is 503 g/mol. The Balaban J connectivity index is 1.51. The summed E-state index contributed by atoms with van der Waals surface area (Å²) in [5, 5.41) is 7.85. The maximum atomic E-state index is 13.3. The molecule has 1 aliphatic rings. The van der Waals surface area contributed by atoms with E-state index in [9.17, 15) is 4.79 Å². The third-order valence-electron chi connectivity index (χ3n) is 6.01. The lowest BCUT2D eigenvalue weighted by Gasteiger charge is -2.30. The minimum atomic E-state index is -0.438. The van der Waals surface area contributed by atoms with Crippen molar-refractivity contribution < 1.29 is 9.57 Å². The molecule has 0 amide bonds. The maximum absolute atomic E-state index is 13.3. The molecule has 2 aromatic carbocycles. The molecule has 11 heteroatoms. The Bertz CT molecular complexity index is 1470. The quantitative estimate of drug-likeness (QED) is 0.389. The molecule has 9 nitrogen and oxygen atoms in total. The first-order chi connectivity index (χ1) is 17.5. The minimum absolute atomic E-state index is 0.289. The van der Waals surface area contributed by atoms with Crippen molar-refractivity contribution in [2.24, 2.45) is 0 Å². The Labute approximate surface area is 217 Å². The second-order valence-corrected chi connectivity index (χ2v) is 8.97. The van der Waals surface area contributed by atoms with E-state index in [2.05, 4.69) is 25.5 Å². The van der Waals surface area contributed by atoms with Crippen LogP contribution in [-0.4, -0.2) is 55.1 Å². The van der Waals surface area contributed by atoms with Gasteiger partial charge in [0.05, 0.1) is 28.4 Å². The minimum Gasteiger partial charge on any atom is -0.495 e. The number of rotatable bonds is 6. The van der Waals surface area contributed by atoms with Crippen LogP contribution < -0.4 is 30.7 Å². The summed E-state index contributed by atoms with van der Waals surface area (Å²) in [5.41, 5.74) is 2.36. The topological polar surface area (TPSA) is 93.5 Å². The molecule has 0 unspecified atom stereocenters. The van der Waals surface area contributed by atoms with Gasteiger partial charge in [-0.2, -0.15) is 4.98 Å². The summed E-state index contributed by atoms with van der Waals surface area (Å²) in [6, 6.07) is 12.6. The summed E-state index contributed by atoms with van der Waals surface area (Å²) in [4.78, 5) is 29.9. The van der Waals surface area contributed by atoms with Crippen LogP contribution in [0.4, 0.5) is 17.3 Å². The Hall–Kier alpha value is -3.53. The number of aromatic nitrogens is 3. The van der Waals surface area contributed by atoms with Crippen LogP contribution in [0.5, 0.6) is 5.75 Å². The molecule has 1 fully saturated rings. The number of hydrogen-bond acceptors (Lipinski definition) is 8. The number of anilines is 3. The summed E-state index contributed by atoms with van der Waals surface area (Å²) in [7, 11) is 3.05. The first-order valence-electron chi connectivity index (χ1n) is 11.3. The zero-order valence-electron chi connectivity index (χ0n) is 19.7. The van der Waals surface area contributed by atoms with E-state index in [0.29, 0.717) is 32.6 Å². The molecule has 36 heavy (non-hydrogen) atoms. The Morgan fingerprint density at radius 1 is 1.06 bits per heavy atom. The fraction of sp³-hybridized carbons (Fsp3) is 0.240. The normalized spacial score (nSPS) is 13.6. The molecule has 0 radical (unpaired) electrons. The molecule has 0 aliphatic carbocycles. The van der Waals surface area contributed by atoms with Gasteiger partial charge in [-0.1, -0.05) is 29.3 Å². The van der Waals surface area contributed by atoms with E-state index in [0.717, 1.165) is 48.0 Å². The highest BCUT2D eigenvalue weighted by molar-refractivity contribution is 6.39. The Morgan fingerprint density at radius 3 is 2.50 bits per heavy atom. The lowest BCUT2D eigenvalue weighted by Crippen LogP contribution is -2.43. The number of nitrogens with zero attached hydrogens (tertiary/aromatic N) is 4. The third kappa shape index (κ3) is 4.53. The van der Waals surface area contributed by atoms with Crippen molar-refractivity contribution in [1.82, 2.24) is 20.0 Å². The van der Waals surface area contributed by atoms with Crippen molar-refractivity contribution >= 4 is 51.6 Å². The van der Waals surface area contributed by atoms with Crippen molar-refractivity contribution in [2.75, 3.05) is 50.6 Å². The molecule has 0 bridgehead atoms. The number of halogens is 2. The van der Waals surface area contributed by atoms with Gasteiger partial charge in [0, 0.05) is 55.1 Å². The number of piperazine rings is 1. The predicted octanol–water partition coefficient (Wildman–Crippen LogP) is 3.99. The van der Waals surface area contributed by atoms with Crippen LogP contribution in [0.1, 0.15) is 0 Å². The highest BCUT2D eigenvalue weighted by Crippen LogP contribution is 2.34.